The number of rotatable bonds is 12. The van der Waals surface area contributed by atoms with Crippen molar-refractivity contribution < 1.29 is 67.4 Å². The van der Waals surface area contributed by atoms with Crippen molar-refractivity contribution in [2.24, 2.45) is 11.7 Å². The summed E-state index contributed by atoms with van der Waals surface area (Å²) in [6.07, 6.45) is -8.23. The van der Waals surface area contributed by atoms with E-state index < -0.39 is 79.5 Å². The van der Waals surface area contributed by atoms with E-state index in [-0.39, 0.29) is 19.1 Å². The number of aliphatic hydroxyl groups is 5. The smallest absolute Gasteiger partial charge is 0.214 e. The van der Waals surface area contributed by atoms with Crippen LogP contribution in [0.15, 0.2) is 0 Å². The molecule has 20 N–H and O–H groups in total. The molecule has 1 aliphatic carbocycles. The van der Waals surface area contributed by atoms with Crippen LogP contribution in [0.5, 0.6) is 0 Å². The van der Waals surface area contributed by atoms with Gasteiger partial charge in [-0.3, -0.25) is 0 Å². The van der Waals surface area contributed by atoms with Gasteiger partial charge in [-0.1, -0.05) is 0 Å². The molecule has 14 atom stereocenters. The van der Waals surface area contributed by atoms with E-state index in [0.717, 1.165) is 19.5 Å². The van der Waals surface area contributed by atoms with E-state index in [1.165, 1.54) is 0 Å². The van der Waals surface area contributed by atoms with Gasteiger partial charge in [-0.25, -0.2) is 0 Å². The Morgan fingerprint density at radius 1 is 0.865 bits per heavy atom. The number of hydrogen-bond acceptors (Lipinski definition) is 11. The second-order valence-electron chi connectivity index (χ2n) is 10.5. The third-order valence-electron chi connectivity index (χ3n) is 7.78. The summed E-state index contributed by atoms with van der Waals surface area (Å²) in [4.78, 5) is 0. The standard InChI is InChI=1S/C22H46N6O9/c23-3-1-4-28-5-2-9-13(8-29)35-22(15(9)30)37-20-16(31)10(25)6-11(26)19(20)36-21-14(27)18(33)17(32)12(7-24)34-21/h9-22,28-33H,1-8,23-27H2/p+4. The Hall–Kier alpha value is -0.600. The van der Waals surface area contributed by atoms with Gasteiger partial charge in [-0.2, -0.15) is 0 Å². The van der Waals surface area contributed by atoms with Crippen molar-refractivity contribution in [2.75, 3.05) is 32.8 Å². The van der Waals surface area contributed by atoms with Gasteiger partial charge in [0.2, 0.25) is 6.29 Å². The molecule has 2 aliphatic heterocycles. The zero-order valence-electron chi connectivity index (χ0n) is 21.5. The van der Waals surface area contributed by atoms with Crippen molar-refractivity contribution in [1.29, 1.82) is 0 Å². The maximum absolute atomic E-state index is 11.0. The van der Waals surface area contributed by atoms with Gasteiger partial charge in [-0.15, -0.1) is 0 Å². The van der Waals surface area contributed by atoms with E-state index in [9.17, 15) is 25.5 Å². The van der Waals surface area contributed by atoms with E-state index >= 15 is 0 Å². The molecule has 0 amide bonds. The molecule has 2 heterocycles. The molecule has 0 aromatic rings. The molecule has 0 aromatic carbocycles. The lowest BCUT2D eigenvalue weighted by Crippen LogP contribution is -2.81. The molecule has 37 heavy (non-hydrogen) atoms. The predicted molar refractivity (Wildman–Crippen MR) is 125 cm³/mol. The highest BCUT2D eigenvalue weighted by atomic mass is 16.7. The van der Waals surface area contributed by atoms with Crippen molar-refractivity contribution in [3.05, 3.63) is 0 Å². The van der Waals surface area contributed by atoms with Gasteiger partial charge in [0.25, 0.3) is 0 Å². The summed E-state index contributed by atoms with van der Waals surface area (Å²) in [6.45, 7) is 2.17. The van der Waals surface area contributed by atoms with Gasteiger partial charge in [0.15, 0.2) is 12.3 Å². The molecule has 0 spiro atoms. The van der Waals surface area contributed by atoms with Crippen LogP contribution in [0, 0.1) is 5.92 Å². The van der Waals surface area contributed by atoms with Crippen LogP contribution < -0.4 is 34.0 Å². The first-order valence-corrected chi connectivity index (χ1v) is 13.3. The Morgan fingerprint density at radius 3 is 2.19 bits per heavy atom. The summed E-state index contributed by atoms with van der Waals surface area (Å²) in [5.41, 5.74) is 21.8. The molecule has 0 aromatic heterocycles. The topological polar surface area (TPSA) is 287 Å². The first-order valence-electron chi connectivity index (χ1n) is 13.3. The summed E-state index contributed by atoms with van der Waals surface area (Å²) in [6, 6.07) is -1.93. The summed E-state index contributed by atoms with van der Waals surface area (Å²) in [5, 5.41) is 55.8. The summed E-state index contributed by atoms with van der Waals surface area (Å²) in [5.74, 6) is -0.382. The van der Waals surface area contributed by atoms with E-state index in [0.29, 0.717) is 19.4 Å². The minimum atomic E-state index is -1.21. The van der Waals surface area contributed by atoms with Gasteiger partial charge in [-0.05, 0) is 13.0 Å². The van der Waals surface area contributed by atoms with Crippen LogP contribution in [0.1, 0.15) is 19.3 Å². The Morgan fingerprint density at radius 2 is 1.54 bits per heavy atom. The van der Waals surface area contributed by atoms with Crippen molar-refractivity contribution >= 4 is 0 Å². The molecule has 15 heteroatoms. The molecular weight excluding hydrogens is 492 g/mol. The zero-order chi connectivity index (χ0) is 27.3. The predicted octanol–water partition coefficient (Wildman–Crippen LogP) is -8.94. The van der Waals surface area contributed by atoms with Crippen molar-refractivity contribution in [3.8, 4) is 0 Å². The molecular formula is C22H50N6O9+4. The third-order valence-corrected chi connectivity index (χ3v) is 7.78. The van der Waals surface area contributed by atoms with Crippen molar-refractivity contribution in [2.45, 2.75) is 98.8 Å². The molecule has 2 saturated heterocycles. The first-order chi connectivity index (χ1) is 17.6. The molecule has 3 aliphatic rings. The lowest BCUT2D eigenvalue weighted by Gasteiger charge is -2.45. The number of nitrogens with one attached hydrogen (secondary N) is 1. The van der Waals surface area contributed by atoms with Crippen LogP contribution in [0.4, 0.5) is 0 Å². The Labute approximate surface area is 216 Å². The molecule has 15 nitrogen and oxygen atoms in total. The fourth-order valence-electron chi connectivity index (χ4n) is 5.40. The number of ether oxygens (including phenoxy) is 4. The lowest BCUT2D eigenvalue weighted by molar-refractivity contribution is -0.516. The monoisotopic (exact) mass is 542 g/mol. The fraction of sp³-hybridized carbons (Fsp3) is 1.00. The number of hydrogen-bond donors (Lipinski definition) is 11. The fourth-order valence-corrected chi connectivity index (χ4v) is 5.40. The maximum Gasteiger partial charge on any atom is 0.214 e. The molecule has 14 unspecified atom stereocenters. The van der Waals surface area contributed by atoms with Gasteiger partial charge < -0.3 is 78.5 Å². The normalized spacial score (nSPS) is 46.9. The zero-order valence-corrected chi connectivity index (χ0v) is 21.5. The van der Waals surface area contributed by atoms with Gasteiger partial charge in [0.1, 0.15) is 55.3 Å². The second-order valence-corrected chi connectivity index (χ2v) is 10.5. The molecule has 0 bridgehead atoms. The van der Waals surface area contributed by atoms with E-state index in [1.807, 2.05) is 0 Å². The summed E-state index contributed by atoms with van der Waals surface area (Å²) >= 11 is 0. The summed E-state index contributed by atoms with van der Waals surface area (Å²) < 4.78 is 23.9. The highest BCUT2D eigenvalue weighted by Crippen LogP contribution is 2.34. The molecule has 0 radical (unpaired) electrons. The first kappa shape index (κ1) is 30.9. The van der Waals surface area contributed by atoms with Gasteiger partial charge >= 0.3 is 0 Å². The van der Waals surface area contributed by atoms with Gasteiger partial charge in [0.05, 0.1) is 19.3 Å². The maximum atomic E-state index is 11.0. The van der Waals surface area contributed by atoms with Crippen molar-refractivity contribution in [3.63, 3.8) is 0 Å². The highest BCUT2D eigenvalue weighted by Gasteiger charge is 2.53. The minimum absolute atomic E-state index is 0.196. The molecule has 3 rings (SSSR count). The average molecular weight is 543 g/mol. The highest BCUT2D eigenvalue weighted by molar-refractivity contribution is 4.99. The summed E-state index contributed by atoms with van der Waals surface area (Å²) in [7, 11) is 0. The SMILES string of the molecule is NC1CC([NH3+])C(O)C(OC2OC(CO)C(CCNCCC[NH3+])C2O)C1OC1OC(C[NH3+])C(O)C(O)C1[NH3+]. The van der Waals surface area contributed by atoms with Crippen LogP contribution in [-0.4, -0.2) is 138 Å². The van der Waals surface area contributed by atoms with Crippen molar-refractivity contribution in [1.82, 2.24) is 5.32 Å². The van der Waals surface area contributed by atoms with Crippen LogP contribution in [-0.2, 0) is 18.9 Å². The Kier molecular flexibility index (Phi) is 11.8. The molecule has 218 valence electrons. The number of quaternary nitrogens is 4. The van der Waals surface area contributed by atoms with E-state index in [2.05, 4.69) is 28.3 Å². The minimum Gasteiger partial charge on any atom is -0.394 e. The lowest BCUT2D eigenvalue weighted by atomic mass is 9.84. The van der Waals surface area contributed by atoms with E-state index in [4.69, 9.17) is 24.7 Å². The molecule has 3 fully saturated rings. The third kappa shape index (κ3) is 7.13. The van der Waals surface area contributed by atoms with Crippen LogP contribution >= 0.6 is 0 Å². The molecule has 1 saturated carbocycles. The Bertz CT molecular complexity index is 685. The van der Waals surface area contributed by atoms with E-state index in [1.54, 1.807) is 0 Å². The number of aliphatic hydroxyl groups excluding tert-OH is 5. The largest absolute Gasteiger partial charge is 0.394 e. The van der Waals surface area contributed by atoms with Crippen LogP contribution in [0.2, 0.25) is 0 Å². The average Bonchev–Trinajstić information content (AvgIpc) is 3.18. The van der Waals surface area contributed by atoms with Crippen LogP contribution in [0.25, 0.3) is 0 Å². The van der Waals surface area contributed by atoms with Crippen LogP contribution in [0.3, 0.4) is 0 Å². The second kappa shape index (κ2) is 14.2. The Balaban J connectivity index is 1.71. The quantitative estimate of drug-likeness (QED) is 0.103. The van der Waals surface area contributed by atoms with Gasteiger partial charge in [0, 0.05) is 31.3 Å². The number of nitrogens with two attached hydrogens (primary N) is 1.